The van der Waals surface area contributed by atoms with E-state index in [2.05, 4.69) is 0 Å². The van der Waals surface area contributed by atoms with Gasteiger partial charge in [0.05, 0.1) is 64.0 Å². The minimum atomic E-state index is -1.57. The second-order valence-electron chi connectivity index (χ2n) is 5.68. The molecular formula is C16H36N4O16Zr. The molecule has 37 heavy (non-hydrogen) atoms. The second kappa shape index (κ2) is 40.5. The molecule has 220 valence electrons. The molecule has 12 N–H and O–H groups in total. The summed E-state index contributed by atoms with van der Waals surface area (Å²) in [5, 5.41) is 64.0. The number of carboxylic acids is 6. The molecule has 0 aromatic rings. The molecule has 0 aromatic heterocycles. The van der Waals surface area contributed by atoms with Gasteiger partial charge in [0.15, 0.2) is 0 Å². The zero-order valence-corrected chi connectivity index (χ0v) is 23.1. The fourth-order valence-electron chi connectivity index (χ4n) is 1.43. The van der Waals surface area contributed by atoms with Crippen LogP contribution in [0.4, 0.5) is 0 Å². The van der Waals surface area contributed by atoms with E-state index in [1.165, 1.54) is 0 Å². The van der Waals surface area contributed by atoms with Gasteiger partial charge in [-0.15, -0.1) is 0 Å². The van der Waals surface area contributed by atoms with E-state index in [0.717, 1.165) is 0 Å². The standard InChI is InChI=1S/2C6H9NO6.2C2H7N.4H2O.Zr/c2*8-4(9)1-7(2-5(10)11)3-6(12)13;2*1-3-2;;;;;/h2*1-3H2,(H,8,9)(H,10,11)(H,12,13);2*3H,1-2H3;4*1H2;/q;;;;;;;;+4/p-4. The van der Waals surface area contributed by atoms with E-state index in [-0.39, 0.29) is 48.1 Å². The molecular weight excluding hydrogens is 595 g/mol. The molecule has 0 saturated carbocycles. The summed E-state index contributed by atoms with van der Waals surface area (Å²) >= 11 is 0. The molecule has 0 aliphatic rings. The minimum Gasteiger partial charge on any atom is -0.549 e. The van der Waals surface area contributed by atoms with E-state index in [1.807, 2.05) is 38.8 Å². The van der Waals surface area contributed by atoms with Crippen LogP contribution in [0, 0.1) is 0 Å². The van der Waals surface area contributed by atoms with Crippen molar-refractivity contribution in [2.75, 3.05) is 67.5 Å². The van der Waals surface area contributed by atoms with Gasteiger partial charge in [-0.05, 0) is 0 Å². The van der Waals surface area contributed by atoms with E-state index < -0.39 is 75.1 Å². The molecule has 0 atom stereocenters. The van der Waals surface area contributed by atoms with Crippen LogP contribution in [0.15, 0.2) is 0 Å². The molecule has 0 radical (unpaired) electrons. The number of nitrogens with zero attached hydrogens (tertiary/aromatic N) is 2. The molecule has 0 fully saturated rings. The second-order valence-corrected chi connectivity index (χ2v) is 5.68. The maximum atomic E-state index is 9.99. The van der Waals surface area contributed by atoms with E-state index in [4.69, 9.17) is 0 Å². The molecule has 21 heteroatoms. The van der Waals surface area contributed by atoms with E-state index in [0.29, 0.717) is 9.80 Å². The number of rotatable bonds is 12. The van der Waals surface area contributed by atoms with E-state index in [9.17, 15) is 59.4 Å². The Morgan fingerprint density at radius 1 is 0.432 bits per heavy atom. The van der Waals surface area contributed by atoms with Crippen LogP contribution in [0.3, 0.4) is 0 Å². The van der Waals surface area contributed by atoms with Crippen LogP contribution in [-0.4, -0.2) is 135 Å². The summed E-state index contributed by atoms with van der Waals surface area (Å²) in [5.41, 5.74) is 0. The summed E-state index contributed by atoms with van der Waals surface area (Å²) in [4.78, 5) is 61.2. The molecule has 0 aromatic carbocycles. The molecule has 0 aliphatic heterocycles. The summed E-state index contributed by atoms with van der Waals surface area (Å²) in [5.74, 6) is -9.40. The van der Waals surface area contributed by atoms with Crippen LogP contribution in [0.25, 0.3) is 0 Å². The Balaban J connectivity index is -0.0000000447. The van der Waals surface area contributed by atoms with Gasteiger partial charge >= 0.3 is 26.2 Å². The Hall–Kier alpha value is -2.62. The average molecular weight is 632 g/mol. The number of hydrogen-bond donors (Lipinski definition) is 2. The third-order valence-corrected chi connectivity index (χ3v) is 2.12. The Morgan fingerprint density at radius 2 is 0.514 bits per heavy atom. The first-order valence-electron chi connectivity index (χ1n) is 8.78. The normalized spacial score (nSPS) is 7.95. The number of carboxylic acid groups (broad SMARTS) is 6. The molecule has 0 aliphatic carbocycles. The maximum absolute atomic E-state index is 9.99. The monoisotopic (exact) mass is 630 g/mol. The Bertz CT molecular complexity index is 471. The summed E-state index contributed by atoms with van der Waals surface area (Å²) in [6.07, 6.45) is 0. The summed E-state index contributed by atoms with van der Waals surface area (Å²) in [6, 6.07) is 0. The van der Waals surface area contributed by atoms with Gasteiger partial charge in [-0.25, -0.2) is 0 Å². The average Bonchev–Trinajstić information content (AvgIpc) is 2.52. The molecule has 0 unspecified atom stereocenters. The number of hydrogen-bond acceptors (Lipinski definition) is 14. The topological polar surface area (TPSA) is 406 Å². The predicted molar refractivity (Wildman–Crippen MR) is 105 cm³/mol. The molecule has 0 spiro atoms. The van der Waals surface area contributed by atoms with Gasteiger partial charge in [0.1, 0.15) is 0 Å². The molecule has 0 heterocycles. The third-order valence-electron chi connectivity index (χ3n) is 2.12. The largest absolute Gasteiger partial charge is 4.00 e. The first-order valence-corrected chi connectivity index (χ1v) is 8.78. The Labute approximate surface area is 231 Å². The summed E-state index contributed by atoms with van der Waals surface area (Å²) < 4.78 is 0. The van der Waals surface area contributed by atoms with Crippen molar-refractivity contribution >= 4 is 35.8 Å². The van der Waals surface area contributed by atoms with Gasteiger partial charge in [-0.1, -0.05) is 0 Å². The van der Waals surface area contributed by atoms with Crippen molar-refractivity contribution in [3.8, 4) is 0 Å². The molecule has 0 rings (SSSR count). The van der Waals surface area contributed by atoms with E-state index >= 15 is 0 Å². The number of aliphatic carboxylic acids is 6. The minimum absolute atomic E-state index is 0. The van der Waals surface area contributed by atoms with Crippen LogP contribution in [0.2, 0.25) is 0 Å². The van der Waals surface area contributed by atoms with Crippen LogP contribution in [-0.2, 0) is 55.0 Å². The molecule has 20 nitrogen and oxygen atoms in total. The smallest absolute Gasteiger partial charge is 0.549 e. The van der Waals surface area contributed by atoms with Gasteiger partial charge in [-0.2, -0.15) is 0 Å². The number of nitrogens with two attached hydrogens (primary N) is 2. The predicted octanol–water partition coefficient (Wildman–Crippen LogP) is -16.6. The van der Waals surface area contributed by atoms with Gasteiger partial charge in [-0.3, -0.25) is 9.80 Å². The Morgan fingerprint density at radius 3 is 0.568 bits per heavy atom. The zero-order chi connectivity index (χ0) is 26.3. The van der Waals surface area contributed by atoms with Crippen molar-refractivity contribution in [2.24, 2.45) is 0 Å². The maximum Gasteiger partial charge on any atom is 4.00 e. The van der Waals surface area contributed by atoms with Crippen molar-refractivity contribution in [2.45, 2.75) is 0 Å². The van der Waals surface area contributed by atoms with E-state index in [1.54, 1.807) is 0 Å². The number of carbonyl (C=O) groups is 6. The first kappa shape index (κ1) is 59.5. The number of carbonyl (C=O) groups excluding carboxylic acids is 6. The molecule has 0 saturated heterocycles. The zero-order valence-electron chi connectivity index (χ0n) is 20.7. The van der Waals surface area contributed by atoms with Gasteiger partial charge in [0, 0.05) is 39.3 Å². The fraction of sp³-hybridized carbons (Fsp3) is 0.625. The van der Waals surface area contributed by atoms with Gasteiger partial charge < -0.3 is 91.9 Å². The summed E-state index contributed by atoms with van der Waals surface area (Å²) in [6.45, 7) is -4.74. The quantitative estimate of drug-likeness (QED) is 0.202. The van der Waals surface area contributed by atoms with Crippen molar-refractivity contribution < 1.29 is 118 Å². The molecule has 0 amide bonds. The van der Waals surface area contributed by atoms with Gasteiger partial charge in [0.25, 0.3) is 0 Å². The van der Waals surface area contributed by atoms with Crippen LogP contribution in [0.5, 0.6) is 0 Å². The summed E-state index contributed by atoms with van der Waals surface area (Å²) in [7, 11) is 8.00. The molecule has 0 bridgehead atoms. The first-order chi connectivity index (χ1) is 14.7. The SMILES string of the molecule is C[NH2+]C.C[NH2+]C.O.O.O.O.O=C([O-])CN(CC(=O)[O-])CC(=O)[O-].O=C([O-])CN(CC(=O)[O-])CC(=O)[O-].[Zr+4]. The Kier molecular flexibility index (Phi) is 65.2. The van der Waals surface area contributed by atoms with Crippen molar-refractivity contribution in [3.63, 3.8) is 0 Å². The number of quaternary nitrogens is 2. The third kappa shape index (κ3) is 71.9. The fourth-order valence-corrected chi connectivity index (χ4v) is 1.43. The van der Waals surface area contributed by atoms with Gasteiger partial charge in [0.2, 0.25) is 0 Å². The van der Waals surface area contributed by atoms with Crippen molar-refractivity contribution in [3.05, 3.63) is 0 Å². The van der Waals surface area contributed by atoms with Crippen LogP contribution in [0.1, 0.15) is 0 Å². The van der Waals surface area contributed by atoms with Crippen molar-refractivity contribution in [1.82, 2.24) is 9.80 Å². The van der Waals surface area contributed by atoms with Crippen molar-refractivity contribution in [1.29, 1.82) is 0 Å². The van der Waals surface area contributed by atoms with Crippen LogP contribution < -0.4 is 41.3 Å². The van der Waals surface area contributed by atoms with Crippen LogP contribution >= 0.6 is 0 Å².